The highest BCUT2D eigenvalue weighted by Gasteiger charge is 2.34. The van der Waals surface area contributed by atoms with E-state index in [0.717, 1.165) is 17.2 Å². The number of hydrogen-bond donors (Lipinski definition) is 2. The number of halogens is 2. The number of anilines is 1. The van der Waals surface area contributed by atoms with Crippen molar-refractivity contribution in [2.75, 3.05) is 12.3 Å². The highest BCUT2D eigenvalue weighted by molar-refractivity contribution is 6.84. The average molecular weight is 424 g/mol. The lowest BCUT2D eigenvalue weighted by Crippen LogP contribution is -2.40. The fourth-order valence-corrected chi connectivity index (χ4v) is 4.35. The third kappa shape index (κ3) is 3.71. The molecule has 0 spiro atoms. The van der Waals surface area contributed by atoms with Crippen LogP contribution in [0.1, 0.15) is 22.9 Å². The van der Waals surface area contributed by atoms with Crippen LogP contribution in [0.25, 0.3) is 10.9 Å². The van der Waals surface area contributed by atoms with E-state index >= 15 is 0 Å². The molecule has 1 aromatic heterocycles. The van der Waals surface area contributed by atoms with Gasteiger partial charge in [0.15, 0.2) is 0 Å². The van der Waals surface area contributed by atoms with Gasteiger partial charge in [-0.3, -0.25) is 4.79 Å². The number of nitrogens with zero attached hydrogens (tertiary/aromatic N) is 1. The molecule has 1 atom stereocenters. The summed E-state index contributed by atoms with van der Waals surface area (Å²) in [6, 6.07) is 8.97. The summed E-state index contributed by atoms with van der Waals surface area (Å²) in [5.41, 5.74) is 12.2. The fraction of sp³-hybridized carbons (Fsp3) is 0.261. The Labute approximate surface area is 175 Å². The first-order chi connectivity index (χ1) is 14.1. The molecule has 2 aromatic carbocycles. The topological polar surface area (TPSA) is 62.1 Å². The van der Waals surface area contributed by atoms with Gasteiger partial charge >= 0.3 is 0 Å². The van der Waals surface area contributed by atoms with Crippen molar-refractivity contribution < 1.29 is 13.6 Å². The predicted molar refractivity (Wildman–Crippen MR) is 117 cm³/mol. The predicted octanol–water partition coefficient (Wildman–Crippen LogP) is 4.38. The summed E-state index contributed by atoms with van der Waals surface area (Å²) in [6.45, 7) is 6.64. The number of hydrogen-bond acceptors (Lipinski definition) is 2. The normalized spacial score (nSPS) is 16.2. The van der Waals surface area contributed by atoms with Crippen LogP contribution in [0.4, 0.5) is 14.5 Å². The number of rotatable bonds is 1. The second kappa shape index (κ2) is 7.29. The van der Waals surface area contributed by atoms with E-state index in [2.05, 4.69) is 36.1 Å². The molecule has 2 heterocycles. The molecule has 3 aromatic rings. The fourth-order valence-electron chi connectivity index (χ4n) is 3.87. The number of benzene rings is 2. The van der Waals surface area contributed by atoms with E-state index in [9.17, 15) is 13.6 Å². The van der Waals surface area contributed by atoms with Crippen molar-refractivity contribution in [1.82, 2.24) is 9.88 Å². The van der Waals surface area contributed by atoms with Gasteiger partial charge in [-0.25, -0.2) is 8.78 Å². The molecule has 0 unspecified atom stereocenters. The number of aromatic amines is 1. The number of carbonyl (C=O) groups is 1. The summed E-state index contributed by atoms with van der Waals surface area (Å²) in [6.07, 6.45) is 0.490. The van der Waals surface area contributed by atoms with Crippen molar-refractivity contribution in [2.45, 2.75) is 32.1 Å². The quantitative estimate of drug-likeness (QED) is 0.347. The minimum atomic E-state index is -1.73. The zero-order valence-electron chi connectivity index (χ0n) is 17.1. The first kappa shape index (κ1) is 20.2. The van der Waals surface area contributed by atoms with Crippen LogP contribution in [0.5, 0.6) is 0 Å². The van der Waals surface area contributed by atoms with Gasteiger partial charge in [-0.15, -0.1) is 5.54 Å². The molecule has 1 amide bonds. The van der Waals surface area contributed by atoms with Crippen molar-refractivity contribution in [2.24, 2.45) is 0 Å². The summed E-state index contributed by atoms with van der Waals surface area (Å²) in [4.78, 5) is 17.9. The highest BCUT2D eigenvalue weighted by Crippen LogP contribution is 2.39. The zero-order valence-corrected chi connectivity index (χ0v) is 18.1. The van der Waals surface area contributed by atoms with E-state index in [0.29, 0.717) is 29.7 Å². The van der Waals surface area contributed by atoms with Crippen molar-refractivity contribution in [3.05, 3.63) is 64.9 Å². The van der Waals surface area contributed by atoms with Gasteiger partial charge in [-0.1, -0.05) is 31.8 Å². The SMILES string of the molecule is C[Si](C)(C)C#CC(=O)N1CCc2c([nH]c3c(F)cc(F)cc23)[C@@H]1c1ccc(N)cc1. The van der Waals surface area contributed by atoms with E-state index < -0.39 is 25.8 Å². The van der Waals surface area contributed by atoms with Crippen LogP contribution in [-0.2, 0) is 11.2 Å². The van der Waals surface area contributed by atoms with Crippen molar-refractivity contribution in [3.63, 3.8) is 0 Å². The molecule has 154 valence electrons. The summed E-state index contributed by atoms with van der Waals surface area (Å²) in [7, 11) is -1.73. The second-order valence-electron chi connectivity index (χ2n) is 8.65. The molecule has 3 N–H and O–H groups in total. The summed E-state index contributed by atoms with van der Waals surface area (Å²) >= 11 is 0. The maximum absolute atomic E-state index is 14.4. The smallest absolute Gasteiger partial charge is 0.298 e. The van der Waals surface area contributed by atoms with Gasteiger partial charge in [0.1, 0.15) is 19.7 Å². The Morgan fingerprint density at radius 2 is 1.90 bits per heavy atom. The number of nitrogens with one attached hydrogen (secondary N) is 1. The minimum Gasteiger partial charge on any atom is -0.399 e. The molecule has 0 aliphatic carbocycles. The average Bonchev–Trinajstić information content (AvgIpc) is 3.04. The summed E-state index contributed by atoms with van der Waals surface area (Å²) < 4.78 is 28.3. The van der Waals surface area contributed by atoms with Crippen LogP contribution in [-0.4, -0.2) is 30.4 Å². The number of amides is 1. The number of nitrogen functional groups attached to an aromatic ring is 1. The molecule has 0 radical (unpaired) electrons. The van der Waals surface area contributed by atoms with Gasteiger partial charge in [0, 0.05) is 29.4 Å². The molecule has 0 fully saturated rings. The summed E-state index contributed by atoms with van der Waals surface area (Å²) in [5.74, 6) is 1.28. The number of carbonyl (C=O) groups excluding carboxylic acids is 1. The van der Waals surface area contributed by atoms with Crippen molar-refractivity contribution in [3.8, 4) is 11.5 Å². The first-order valence-electron chi connectivity index (χ1n) is 9.83. The standard InChI is InChI=1S/C23H23F2N3OSi/c1-30(2,3)11-9-20(29)28-10-8-17-18-12-15(24)13-19(25)21(18)27-22(17)23(28)14-4-6-16(26)7-5-14/h4-7,12-13,23,27H,8,10,26H2,1-3H3/t23-/m0/s1. The molecule has 7 heteroatoms. The molecular formula is C23H23F2N3OSi. The number of aromatic nitrogens is 1. The van der Waals surface area contributed by atoms with E-state index in [-0.39, 0.29) is 11.4 Å². The highest BCUT2D eigenvalue weighted by atomic mass is 28.3. The first-order valence-corrected chi connectivity index (χ1v) is 13.3. The lowest BCUT2D eigenvalue weighted by molar-refractivity contribution is -0.127. The number of H-pyrrole nitrogens is 1. The zero-order chi connectivity index (χ0) is 21.6. The minimum absolute atomic E-state index is 0.254. The molecule has 1 aliphatic heterocycles. The molecule has 4 rings (SSSR count). The third-order valence-electron chi connectivity index (χ3n) is 5.21. The van der Waals surface area contributed by atoms with E-state index in [1.807, 2.05) is 12.1 Å². The van der Waals surface area contributed by atoms with Crippen LogP contribution >= 0.6 is 0 Å². The van der Waals surface area contributed by atoms with Crippen molar-refractivity contribution >= 4 is 30.6 Å². The van der Waals surface area contributed by atoms with E-state index in [4.69, 9.17) is 5.73 Å². The largest absolute Gasteiger partial charge is 0.399 e. The Kier molecular flexibility index (Phi) is 4.90. The second-order valence-corrected chi connectivity index (χ2v) is 13.4. The van der Waals surface area contributed by atoms with Gasteiger partial charge in [0.05, 0.1) is 11.6 Å². The number of nitrogens with two attached hydrogens (primary N) is 1. The number of fused-ring (bicyclic) bond motifs is 3. The molecule has 30 heavy (non-hydrogen) atoms. The van der Waals surface area contributed by atoms with Crippen LogP contribution in [0.15, 0.2) is 36.4 Å². The molecule has 0 saturated heterocycles. The van der Waals surface area contributed by atoms with Crippen LogP contribution in [0.3, 0.4) is 0 Å². The Morgan fingerprint density at radius 3 is 2.57 bits per heavy atom. The Balaban J connectivity index is 1.88. The van der Waals surface area contributed by atoms with Crippen LogP contribution < -0.4 is 5.73 Å². The van der Waals surface area contributed by atoms with Gasteiger partial charge < -0.3 is 15.6 Å². The monoisotopic (exact) mass is 423 g/mol. The third-order valence-corrected chi connectivity index (χ3v) is 6.09. The van der Waals surface area contributed by atoms with Gasteiger partial charge in [-0.05, 0) is 41.7 Å². The van der Waals surface area contributed by atoms with Crippen LogP contribution in [0.2, 0.25) is 19.6 Å². The maximum atomic E-state index is 14.4. The summed E-state index contributed by atoms with van der Waals surface area (Å²) in [5, 5.41) is 0.517. The van der Waals surface area contributed by atoms with E-state index in [1.165, 1.54) is 6.07 Å². The van der Waals surface area contributed by atoms with Gasteiger partial charge in [-0.2, -0.15) is 0 Å². The Morgan fingerprint density at radius 1 is 1.20 bits per heavy atom. The van der Waals surface area contributed by atoms with Crippen LogP contribution in [0, 0.1) is 23.1 Å². The molecular weight excluding hydrogens is 400 g/mol. The lowest BCUT2D eigenvalue weighted by atomic mass is 9.92. The Hall–Kier alpha value is -3.11. The maximum Gasteiger partial charge on any atom is 0.298 e. The van der Waals surface area contributed by atoms with E-state index in [1.54, 1.807) is 17.0 Å². The Bertz CT molecular complexity index is 1200. The van der Waals surface area contributed by atoms with Crippen molar-refractivity contribution in [1.29, 1.82) is 0 Å². The van der Waals surface area contributed by atoms with Gasteiger partial charge in [0.25, 0.3) is 5.91 Å². The molecule has 0 saturated carbocycles. The molecule has 1 aliphatic rings. The lowest BCUT2D eigenvalue weighted by Gasteiger charge is -2.35. The molecule has 4 nitrogen and oxygen atoms in total. The van der Waals surface area contributed by atoms with Gasteiger partial charge in [0.2, 0.25) is 0 Å². The molecule has 0 bridgehead atoms.